The summed E-state index contributed by atoms with van der Waals surface area (Å²) in [7, 11) is 0. The number of amides is 1. The number of hydrogen-bond donors (Lipinski definition) is 1. The van der Waals surface area contributed by atoms with Gasteiger partial charge in [-0.05, 0) is 60.0 Å². The molecule has 22 heavy (non-hydrogen) atoms. The van der Waals surface area contributed by atoms with Gasteiger partial charge in [0.1, 0.15) is 0 Å². The van der Waals surface area contributed by atoms with Crippen molar-refractivity contribution in [3.63, 3.8) is 0 Å². The van der Waals surface area contributed by atoms with E-state index in [-0.39, 0.29) is 11.7 Å². The van der Waals surface area contributed by atoms with E-state index in [0.29, 0.717) is 28.7 Å². The van der Waals surface area contributed by atoms with Gasteiger partial charge in [0.25, 0.3) is 0 Å². The van der Waals surface area contributed by atoms with Crippen LogP contribution >= 0.6 is 15.9 Å². The zero-order chi connectivity index (χ0) is 15.5. The zero-order valence-corrected chi connectivity index (χ0v) is 14.1. The largest absolute Gasteiger partial charge is 0.354 e. The van der Waals surface area contributed by atoms with Crippen LogP contribution in [0.15, 0.2) is 16.7 Å². The molecule has 0 bridgehead atoms. The summed E-state index contributed by atoms with van der Waals surface area (Å²) in [6.07, 6.45) is 7.52. The fraction of sp³-hybridized carbons (Fsp3) is 0.625. The molecular formula is C16H21BrFN3O. The fourth-order valence-electron chi connectivity index (χ4n) is 3.09. The lowest BCUT2D eigenvalue weighted by Crippen LogP contribution is -2.41. The van der Waals surface area contributed by atoms with Crippen molar-refractivity contribution in [3.05, 3.63) is 22.6 Å². The molecule has 2 aliphatic rings. The van der Waals surface area contributed by atoms with Crippen LogP contribution in [0.25, 0.3) is 0 Å². The fourth-order valence-corrected chi connectivity index (χ4v) is 3.39. The maximum absolute atomic E-state index is 13.9. The molecule has 0 aromatic carbocycles. The predicted molar refractivity (Wildman–Crippen MR) is 87.2 cm³/mol. The minimum atomic E-state index is -0.296. The highest BCUT2D eigenvalue weighted by molar-refractivity contribution is 9.10. The summed E-state index contributed by atoms with van der Waals surface area (Å²) in [5, 5.41) is 3.09. The highest BCUT2D eigenvalue weighted by atomic mass is 79.9. The van der Waals surface area contributed by atoms with Crippen molar-refractivity contribution in [2.45, 2.75) is 44.6 Å². The number of halogens is 2. The Labute approximate surface area is 138 Å². The summed E-state index contributed by atoms with van der Waals surface area (Å²) in [5.41, 5.74) is 0. The molecule has 0 unspecified atom stereocenters. The molecule has 2 heterocycles. The molecule has 1 aliphatic carbocycles. The van der Waals surface area contributed by atoms with Crippen molar-refractivity contribution < 1.29 is 9.18 Å². The van der Waals surface area contributed by atoms with Crippen LogP contribution in [-0.4, -0.2) is 30.0 Å². The smallest absolute Gasteiger partial charge is 0.220 e. The molecule has 1 aromatic heterocycles. The standard InChI is InChI=1S/C16H21BrFN3O/c17-12-9-14(18)16(19-10-12)21-6-4-11(5-7-21)8-15(22)20-13-2-1-3-13/h9-11,13H,1-8H2,(H,20,22). The van der Waals surface area contributed by atoms with Crippen molar-refractivity contribution in [3.8, 4) is 0 Å². The van der Waals surface area contributed by atoms with Crippen molar-refractivity contribution in [2.24, 2.45) is 5.92 Å². The molecule has 1 saturated carbocycles. The third-order valence-corrected chi connectivity index (χ3v) is 5.08. The van der Waals surface area contributed by atoms with E-state index >= 15 is 0 Å². The summed E-state index contributed by atoms with van der Waals surface area (Å²) in [5.74, 6) is 0.696. The average Bonchev–Trinajstić information content (AvgIpc) is 2.44. The summed E-state index contributed by atoms with van der Waals surface area (Å²) in [6, 6.07) is 1.86. The van der Waals surface area contributed by atoms with Crippen LogP contribution in [0.1, 0.15) is 38.5 Å². The van der Waals surface area contributed by atoms with E-state index in [2.05, 4.69) is 26.2 Å². The van der Waals surface area contributed by atoms with Gasteiger partial charge in [0.05, 0.1) is 0 Å². The third-order valence-electron chi connectivity index (χ3n) is 4.65. The predicted octanol–water partition coefficient (Wildman–Crippen LogP) is 3.26. The Morgan fingerprint density at radius 3 is 2.68 bits per heavy atom. The first-order chi connectivity index (χ1) is 10.6. The minimum absolute atomic E-state index is 0.177. The molecule has 6 heteroatoms. The van der Waals surface area contributed by atoms with E-state index in [1.54, 1.807) is 6.20 Å². The van der Waals surface area contributed by atoms with Crippen LogP contribution in [0.5, 0.6) is 0 Å². The maximum Gasteiger partial charge on any atom is 0.220 e. The number of aromatic nitrogens is 1. The number of carbonyl (C=O) groups excluding carboxylic acids is 1. The summed E-state index contributed by atoms with van der Waals surface area (Å²) in [6.45, 7) is 1.51. The monoisotopic (exact) mass is 369 g/mol. The molecule has 1 aliphatic heterocycles. The Balaban J connectivity index is 1.48. The van der Waals surface area contributed by atoms with Crippen LogP contribution < -0.4 is 10.2 Å². The van der Waals surface area contributed by atoms with Crippen molar-refractivity contribution in [1.29, 1.82) is 0 Å². The third kappa shape index (κ3) is 3.77. The van der Waals surface area contributed by atoms with Gasteiger partial charge in [-0.3, -0.25) is 4.79 Å². The Morgan fingerprint density at radius 2 is 2.09 bits per heavy atom. The minimum Gasteiger partial charge on any atom is -0.354 e. The highest BCUT2D eigenvalue weighted by Gasteiger charge is 2.25. The van der Waals surface area contributed by atoms with E-state index < -0.39 is 0 Å². The molecule has 2 fully saturated rings. The number of pyridine rings is 1. The average molecular weight is 370 g/mol. The van der Waals surface area contributed by atoms with Crippen LogP contribution in [0.2, 0.25) is 0 Å². The molecule has 0 atom stereocenters. The number of nitrogens with zero attached hydrogens (tertiary/aromatic N) is 2. The first-order valence-corrected chi connectivity index (χ1v) is 8.76. The van der Waals surface area contributed by atoms with Gasteiger partial charge < -0.3 is 10.2 Å². The van der Waals surface area contributed by atoms with E-state index in [1.165, 1.54) is 12.5 Å². The second-order valence-corrected chi connectivity index (χ2v) is 7.20. The zero-order valence-electron chi connectivity index (χ0n) is 12.5. The van der Waals surface area contributed by atoms with Gasteiger partial charge in [-0.1, -0.05) is 0 Å². The van der Waals surface area contributed by atoms with E-state index in [0.717, 1.165) is 38.8 Å². The van der Waals surface area contributed by atoms with Crippen molar-refractivity contribution in [1.82, 2.24) is 10.3 Å². The van der Waals surface area contributed by atoms with Crippen LogP contribution in [0.3, 0.4) is 0 Å². The molecule has 0 radical (unpaired) electrons. The van der Waals surface area contributed by atoms with Crippen molar-refractivity contribution >= 4 is 27.7 Å². The van der Waals surface area contributed by atoms with Gasteiger partial charge in [-0.25, -0.2) is 9.37 Å². The molecule has 1 amide bonds. The SMILES string of the molecule is O=C(CC1CCN(c2ncc(Br)cc2F)CC1)NC1CCC1. The number of nitrogens with one attached hydrogen (secondary N) is 1. The van der Waals surface area contributed by atoms with Crippen LogP contribution in [-0.2, 0) is 4.79 Å². The highest BCUT2D eigenvalue weighted by Crippen LogP contribution is 2.27. The van der Waals surface area contributed by atoms with Crippen LogP contribution in [0, 0.1) is 11.7 Å². The summed E-state index contributed by atoms with van der Waals surface area (Å²) < 4.78 is 14.6. The molecule has 1 N–H and O–H groups in total. The molecule has 0 spiro atoms. The van der Waals surface area contributed by atoms with Gasteiger partial charge in [0, 0.05) is 36.2 Å². The number of rotatable bonds is 4. The summed E-state index contributed by atoms with van der Waals surface area (Å²) >= 11 is 3.22. The Morgan fingerprint density at radius 1 is 1.36 bits per heavy atom. The molecule has 120 valence electrons. The Hall–Kier alpha value is -1.17. The molecule has 3 rings (SSSR count). The first-order valence-electron chi connectivity index (χ1n) is 7.97. The van der Waals surface area contributed by atoms with E-state index in [1.807, 2.05) is 4.90 Å². The second kappa shape index (κ2) is 6.94. The number of carbonyl (C=O) groups is 1. The van der Waals surface area contributed by atoms with E-state index in [4.69, 9.17) is 0 Å². The molecule has 1 aromatic rings. The van der Waals surface area contributed by atoms with Gasteiger partial charge >= 0.3 is 0 Å². The molecular weight excluding hydrogens is 349 g/mol. The number of piperidine rings is 1. The van der Waals surface area contributed by atoms with Gasteiger partial charge in [-0.15, -0.1) is 0 Å². The Kier molecular flexibility index (Phi) is 4.96. The molecule has 1 saturated heterocycles. The lowest BCUT2D eigenvalue weighted by atomic mass is 9.90. The number of hydrogen-bond acceptors (Lipinski definition) is 3. The topological polar surface area (TPSA) is 45.2 Å². The normalized spacial score (nSPS) is 19.8. The second-order valence-electron chi connectivity index (χ2n) is 6.29. The lowest BCUT2D eigenvalue weighted by Gasteiger charge is -2.33. The maximum atomic E-state index is 13.9. The number of anilines is 1. The van der Waals surface area contributed by atoms with E-state index in [9.17, 15) is 9.18 Å². The molecule has 4 nitrogen and oxygen atoms in total. The van der Waals surface area contributed by atoms with Gasteiger partial charge in [0.15, 0.2) is 11.6 Å². The van der Waals surface area contributed by atoms with Crippen LogP contribution in [0.4, 0.5) is 10.2 Å². The van der Waals surface area contributed by atoms with Crippen molar-refractivity contribution in [2.75, 3.05) is 18.0 Å². The Bertz CT molecular complexity index is 542. The quantitative estimate of drug-likeness (QED) is 0.885. The lowest BCUT2D eigenvalue weighted by molar-refractivity contribution is -0.123. The first kappa shape index (κ1) is 15.7. The summed E-state index contributed by atoms with van der Waals surface area (Å²) in [4.78, 5) is 18.1. The van der Waals surface area contributed by atoms with Gasteiger partial charge in [-0.2, -0.15) is 0 Å². The van der Waals surface area contributed by atoms with Gasteiger partial charge in [0.2, 0.25) is 5.91 Å².